The van der Waals surface area contributed by atoms with Crippen LogP contribution in [-0.4, -0.2) is 48.9 Å². The van der Waals surface area contributed by atoms with Gasteiger partial charge in [0.2, 0.25) is 5.91 Å². The van der Waals surface area contributed by atoms with Crippen LogP contribution in [0.15, 0.2) is 18.2 Å². The molecule has 1 aromatic rings. The predicted octanol–water partition coefficient (Wildman–Crippen LogP) is 1.94. The van der Waals surface area contributed by atoms with Crippen molar-refractivity contribution in [3.63, 3.8) is 0 Å². The second kappa shape index (κ2) is 6.26. The summed E-state index contributed by atoms with van der Waals surface area (Å²) in [6.07, 6.45) is -3.56. The van der Waals surface area contributed by atoms with Crippen LogP contribution in [0.5, 0.6) is 0 Å². The average molecular weight is 315 g/mol. The Kier molecular flexibility index (Phi) is 4.77. The molecule has 1 amide bonds. The molecule has 7 heteroatoms. The highest BCUT2D eigenvalue weighted by Gasteiger charge is 2.35. The van der Waals surface area contributed by atoms with Gasteiger partial charge < -0.3 is 10.6 Å². The second-order valence-corrected chi connectivity index (χ2v) is 5.88. The number of carbonyl (C=O) groups is 1. The Bertz CT molecular complexity index is 557. The van der Waals surface area contributed by atoms with Crippen LogP contribution in [0.25, 0.3) is 0 Å². The highest BCUT2D eigenvalue weighted by molar-refractivity contribution is 5.93. The Hall–Kier alpha value is -1.60. The fourth-order valence-corrected chi connectivity index (χ4v) is 2.75. The molecule has 22 heavy (non-hydrogen) atoms. The number of likely N-dealkylation sites (tertiary alicyclic amines) is 1. The first kappa shape index (κ1) is 16.8. The predicted molar refractivity (Wildman–Crippen MR) is 77.3 cm³/mol. The van der Waals surface area contributed by atoms with Crippen molar-refractivity contribution < 1.29 is 18.0 Å². The monoisotopic (exact) mass is 315 g/mol. The number of primary amides is 1. The van der Waals surface area contributed by atoms with Gasteiger partial charge in [-0.2, -0.15) is 13.2 Å². The third-order valence-electron chi connectivity index (χ3n) is 4.07. The van der Waals surface area contributed by atoms with E-state index in [4.69, 9.17) is 5.73 Å². The third-order valence-corrected chi connectivity index (χ3v) is 4.07. The summed E-state index contributed by atoms with van der Waals surface area (Å²) in [5.74, 6) is -0.856. The van der Waals surface area contributed by atoms with Gasteiger partial charge >= 0.3 is 6.18 Å². The molecule has 0 unspecified atom stereocenters. The minimum Gasteiger partial charge on any atom is -0.366 e. The summed E-state index contributed by atoms with van der Waals surface area (Å²) < 4.78 is 39.6. The van der Waals surface area contributed by atoms with Gasteiger partial charge in [0.15, 0.2) is 0 Å². The summed E-state index contributed by atoms with van der Waals surface area (Å²) in [6, 6.07) is 3.91. The molecule has 1 aliphatic rings. The van der Waals surface area contributed by atoms with E-state index >= 15 is 0 Å². The molecule has 1 saturated heterocycles. The maximum Gasteiger partial charge on any atom is 0.416 e. The van der Waals surface area contributed by atoms with Gasteiger partial charge in [0, 0.05) is 31.2 Å². The molecule has 1 fully saturated rings. The van der Waals surface area contributed by atoms with Crippen LogP contribution >= 0.6 is 0 Å². The molecule has 0 saturated carbocycles. The molecule has 1 aliphatic heterocycles. The van der Waals surface area contributed by atoms with Crippen LogP contribution in [0, 0.1) is 0 Å². The van der Waals surface area contributed by atoms with Crippen molar-refractivity contribution in [1.82, 2.24) is 9.80 Å². The molecule has 0 aromatic heterocycles. The first-order valence-electron chi connectivity index (χ1n) is 7.07. The Balaban J connectivity index is 2.22. The van der Waals surface area contributed by atoms with Crippen molar-refractivity contribution in [3.05, 3.63) is 34.9 Å². The van der Waals surface area contributed by atoms with Gasteiger partial charge in [-0.05, 0) is 38.2 Å². The summed E-state index contributed by atoms with van der Waals surface area (Å²) in [6.45, 7) is 1.72. The molecule has 0 bridgehead atoms. The van der Waals surface area contributed by atoms with Gasteiger partial charge in [0.1, 0.15) is 0 Å². The van der Waals surface area contributed by atoms with Crippen molar-refractivity contribution in [2.24, 2.45) is 5.73 Å². The molecule has 2 N–H and O–H groups in total. The third kappa shape index (κ3) is 3.78. The summed E-state index contributed by atoms with van der Waals surface area (Å²) in [5, 5.41) is 0. The maximum atomic E-state index is 13.2. The zero-order chi connectivity index (χ0) is 16.5. The lowest BCUT2D eigenvalue weighted by Gasteiger charge is -2.22. The molecular weight excluding hydrogens is 295 g/mol. The molecule has 0 radical (unpaired) electrons. The lowest BCUT2D eigenvalue weighted by atomic mass is 10.0. The van der Waals surface area contributed by atoms with Gasteiger partial charge in [0.05, 0.1) is 5.56 Å². The van der Waals surface area contributed by atoms with Crippen molar-refractivity contribution in [1.29, 1.82) is 0 Å². The first-order valence-corrected chi connectivity index (χ1v) is 7.07. The number of amides is 1. The highest BCUT2D eigenvalue weighted by Crippen LogP contribution is 2.33. The van der Waals surface area contributed by atoms with E-state index in [0.717, 1.165) is 25.6 Å². The first-order chi connectivity index (χ1) is 10.2. The number of hydrogen-bond donors (Lipinski definition) is 1. The number of nitrogens with zero attached hydrogens (tertiary/aromatic N) is 2. The number of likely N-dealkylation sites (N-methyl/N-ethyl adjacent to an activating group) is 1. The van der Waals surface area contributed by atoms with Crippen molar-refractivity contribution in [2.45, 2.75) is 25.2 Å². The number of nitrogens with two attached hydrogens (primary N) is 1. The van der Waals surface area contributed by atoms with E-state index in [-0.39, 0.29) is 17.7 Å². The van der Waals surface area contributed by atoms with Crippen LogP contribution in [0.1, 0.15) is 27.9 Å². The molecule has 2 rings (SSSR count). The fraction of sp³-hybridized carbons (Fsp3) is 0.533. The van der Waals surface area contributed by atoms with Crippen LogP contribution in [0.3, 0.4) is 0 Å². The fourth-order valence-electron chi connectivity index (χ4n) is 2.75. The smallest absolute Gasteiger partial charge is 0.366 e. The Labute approximate surface area is 127 Å². The summed E-state index contributed by atoms with van der Waals surface area (Å²) in [5.41, 5.74) is 4.34. The Morgan fingerprint density at radius 1 is 1.41 bits per heavy atom. The number of carbonyl (C=O) groups excluding carboxylic acids is 1. The number of rotatable bonds is 4. The number of alkyl halides is 3. The van der Waals surface area contributed by atoms with Crippen LogP contribution in [0.2, 0.25) is 0 Å². The van der Waals surface area contributed by atoms with E-state index in [2.05, 4.69) is 4.90 Å². The van der Waals surface area contributed by atoms with E-state index < -0.39 is 17.6 Å². The zero-order valence-electron chi connectivity index (χ0n) is 12.7. The molecule has 0 spiro atoms. The molecule has 1 atom stereocenters. The number of halogens is 3. The van der Waals surface area contributed by atoms with E-state index in [1.165, 1.54) is 12.1 Å². The van der Waals surface area contributed by atoms with E-state index in [9.17, 15) is 18.0 Å². The summed E-state index contributed by atoms with van der Waals surface area (Å²) >= 11 is 0. The SMILES string of the molecule is CN(C)[C@@H]1CCN(Cc2ccc(C(N)=O)cc2C(F)(F)F)C1. The van der Waals surface area contributed by atoms with E-state index in [0.29, 0.717) is 6.04 Å². The lowest BCUT2D eigenvalue weighted by Crippen LogP contribution is -2.31. The van der Waals surface area contributed by atoms with Crippen molar-refractivity contribution in [3.8, 4) is 0 Å². The van der Waals surface area contributed by atoms with Gasteiger partial charge in [-0.3, -0.25) is 9.69 Å². The number of hydrogen-bond acceptors (Lipinski definition) is 3. The van der Waals surface area contributed by atoms with Crippen LogP contribution in [0.4, 0.5) is 13.2 Å². The molecule has 1 heterocycles. The minimum atomic E-state index is -4.50. The van der Waals surface area contributed by atoms with Crippen LogP contribution in [-0.2, 0) is 12.7 Å². The largest absolute Gasteiger partial charge is 0.416 e. The van der Waals surface area contributed by atoms with Gasteiger partial charge in [-0.25, -0.2) is 0 Å². The normalized spacial score (nSPS) is 19.8. The average Bonchev–Trinajstić information content (AvgIpc) is 2.86. The number of benzene rings is 1. The lowest BCUT2D eigenvalue weighted by molar-refractivity contribution is -0.138. The van der Waals surface area contributed by atoms with Crippen LogP contribution < -0.4 is 5.73 Å². The molecule has 122 valence electrons. The summed E-state index contributed by atoms with van der Waals surface area (Å²) in [4.78, 5) is 15.2. The Morgan fingerprint density at radius 3 is 2.59 bits per heavy atom. The quantitative estimate of drug-likeness (QED) is 0.924. The van der Waals surface area contributed by atoms with E-state index in [1.54, 1.807) is 0 Å². The molecule has 1 aromatic carbocycles. The van der Waals surface area contributed by atoms with Gasteiger partial charge in [-0.1, -0.05) is 6.07 Å². The highest BCUT2D eigenvalue weighted by atomic mass is 19.4. The standard InChI is InChI=1S/C15H20F3N3O/c1-20(2)12-5-6-21(9-12)8-11-4-3-10(14(19)22)7-13(11)15(16,17)18/h3-4,7,12H,5-6,8-9H2,1-2H3,(H2,19,22)/t12-/m1/s1. The van der Waals surface area contributed by atoms with Crippen molar-refractivity contribution >= 4 is 5.91 Å². The molecule has 0 aliphatic carbocycles. The van der Waals surface area contributed by atoms with Gasteiger partial charge in [-0.15, -0.1) is 0 Å². The van der Waals surface area contributed by atoms with Crippen molar-refractivity contribution in [2.75, 3.05) is 27.2 Å². The summed E-state index contributed by atoms with van der Waals surface area (Å²) in [7, 11) is 3.94. The van der Waals surface area contributed by atoms with E-state index in [1.807, 2.05) is 19.0 Å². The maximum absolute atomic E-state index is 13.2. The zero-order valence-corrected chi connectivity index (χ0v) is 12.7. The molecule has 4 nitrogen and oxygen atoms in total. The second-order valence-electron chi connectivity index (χ2n) is 5.88. The van der Waals surface area contributed by atoms with Gasteiger partial charge in [0.25, 0.3) is 0 Å². The topological polar surface area (TPSA) is 49.6 Å². The minimum absolute atomic E-state index is 0.122. The Morgan fingerprint density at radius 2 is 2.09 bits per heavy atom. The molecular formula is C15H20F3N3O.